The summed E-state index contributed by atoms with van der Waals surface area (Å²) in [4.78, 5) is 29.1. The number of aromatic amines is 1. The van der Waals surface area contributed by atoms with Crippen LogP contribution in [0.4, 0.5) is 0 Å². The maximum absolute atomic E-state index is 13.2. The molecule has 31 heavy (non-hydrogen) atoms. The number of rotatable bonds is 4. The van der Waals surface area contributed by atoms with Crippen LogP contribution >= 0.6 is 0 Å². The second-order valence-corrected chi connectivity index (χ2v) is 7.43. The first-order chi connectivity index (χ1) is 15.1. The molecule has 5 nitrogen and oxygen atoms in total. The standard InChI is InChI=1S/C26H19NO4/c1-16-7-10-20-19(13-16)24(18-5-3-2-4-6-18)25(26(29)27-20)21(28)11-8-17-9-12-22-23(14-17)31-15-30-22/h2-14H,15H2,1H3,(H,27,29)/b11-8+. The van der Waals surface area contributed by atoms with Crippen LogP contribution in [0.5, 0.6) is 11.5 Å². The Bertz CT molecular complexity index is 1400. The summed E-state index contributed by atoms with van der Waals surface area (Å²) in [6.45, 7) is 2.17. The minimum Gasteiger partial charge on any atom is -0.454 e. The van der Waals surface area contributed by atoms with E-state index in [0.717, 1.165) is 22.1 Å². The molecule has 0 bridgehead atoms. The topological polar surface area (TPSA) is 68.4 Å². The Balaban J connectivity index is 1.64. The monoisotopic (exact) mass is 409 g/mol. The van der Waals surface area contributed by atoms with Gasteiger partial charge in [0, 0.05) is 16.5 Å². The van der Waals surface area contributed by atoms with Crippen molar-refractivity contribution in [3.05, 3.63) is 99.9 Å². The summed E-state index contributed by atoms with van der Waals surface area (Å²) in [6.07, 6.45) is 3.11. The van der Waals surface area contributed by atoms with Crippen LogP contribution < -0.4 is 15.0 Å². The van der Waals surface area contributed by atoms with Crippen LogP contribution in [-0.4, -0.2) is 17.6 Å². The molecule has 0 fully saturated rings. The maximum atomic E-state index is 13.2. The van der Waals surface area contributed by atoms with Crippen molar-refractivity contribution in [2.75, 3.05) is 6.79 Å². The van der Waals surface area contributed by atoms with E-state index in [1.807, 2.05) is 61.5 Å². The van der Waals surface area contributed by atoms with Gasteiger partial charge in [0.15, 0.2) is 17.3 Å². The number of H-pyrrole nitrogens is 1. The number of aromatic nitrogens is 1. The van der Waals surface area contributed by atoms with Crippen molar-refractivity contribution in [3.63, 3.8) is 0 Å². The Morgan fingerprint density at radius 1 is 0.968 bits per heavy atom. The third-order valence-corrected chi connectivity index (χ3v) is 5.30. The van der Waals surface area contributed by atoms with Gasteiger partial charge in [0.1, 0.15) is 0 Å². The number of benzene rings is 3. The van der Waals surface area contributed by atoms with Crippen LogP contribution in [0.1, 0.15) is 21.5 Å². The number of carbonyl (C=O) groups is 1. The molecule has 5 heteroatoms. The SMILES string of the molecule is Cc1ccc2[nH]c(=O)c(C(=O)/C=C/c3ccc4c(c3)OCO4)c(-c3ccccc3)c2c1. The molecule has 0 saturated heterocycles. The molecule has 0 unspecified atom stereocenters. The van der Waals surface area contributed by atoms with Crippen molar-refractivity contribution in [3.8, 4) is 22.6 Å². The third kappa shape index (κ3) is 3.51. The number of aryl methyl sites for hydroxylation is 1. The number of ketones is 1. The lowest BCUT2D eigenvalue weighted by atomic mass is 9.93. The first-order valence-corrected chi connectivity index (χ1v) is 9.94. The fourth-order valence-electron chi connectivity index (χ4n) is 3.82. The summed E-state index contributed by atoms with van der Waals surface area (Å²) in [5.74, 6) is 0.955. The quantitative estimate of drug-likeness (QED) is 0.375. The molecular formula is C26H19NO4. The second kappa shape index (κ2) is 7.61. The van der Waals surface area contributed by atoms with E-state index in [4.69, 9.17) is 9.47 Å². The Morgan fingerprint density at radius 3 is 2.61 bits per heavy atom. The van der Waals surface area contributed by atoms with Gasteiger partial charge in [0.2, 0.25) is 6.79 Å². The number of ether oxygens (including phenoxy) is 2. The molecule has 1 aliphatic heterocycles. The number of pyridine rings is 1. The van der Waals surface area contributed by atoms with Crippen molar-refractivity contribution in [2.45, 2.75) is 6.92 Å². The number of carbonyl (C=O) groups excluding carboxylic acids is 1. The lowest BCUT2D eigenvalue weighted by molar-refractivity contribution is 0.104. The normalized spacial score (nSPS) is 12.5. The van der Waals surface area contributed by atoms with Crippen molar-refractivity contribution in [1.29, 1.82) is 0 Å². The Kier molecular flexibility index (Phi) is 4.64. The summed E-state index contributed by atoms with van der Waals surface area (Å²) in [5.41, 5.74) is 3.72. The van der Waals surface area contributed by atoms with Crippen molar-refractivity contribution in [2.24, 2.45) is 0 Å². The van der Waals surface area contributed by atoms with Gasteiger partial charge < -0.3 is 14.5 Å². The molecule has 0 saturated carbocycles. The third-order valence-electron chi connectivity index (χ3n) is 5.30. The van der Waals surface area contributed by atoms with Gasteiger partial charge in [-0.05, 0) is 48.4 Å². The van der Waals surface area contributed by atoms with E-state index in [1.165, 1.54) is 6.08 Å². The molecule has 0 aliphatic carbocycles. The predicted molar refractivity (Wildman–Crippen MR) is 121 cm³/mol. The highest BCUT2D eigenvalue weighted by molar-refractivity contribution is 6.15. The second-order valence-electron chi connectivity index (χ2n) is 7.43. The lowest BCUT2D eigenvalue weighted by Gasteiger charge is -2.12. The fraction of sp³-hybridized carbons (Fsp3) is 0.0769. The van der Waals surface area contributed by atoms with Crippen LogP contribution in [0.3, 0.4) is 0 Å². The smallest absolute Gasteiger partial charge is 0.260 e. The molecule has 2 heterocycles. The van der Waals surface area contributed by atoms with Gasteiger partial charge in [-0.3, -0.25) is 9.59 Å². The van der Waals surface area contributed by atoms with Gasteiger partial charge in [0.25, 0.3) is 5.56 Å². The highest BCUT2D eigenvalue weighted by Crippen LogP contribution is 2.33. The van der Waals surface area contributed by atoms with E-state index < -0.39 is 5.56 Å². The van der Waals surface area contributed by atoms with Gasteiger partial charge >= 0.3 is 0 Å². The zero-order valence-corrected chi connectivity index (χ0v) is 16.8. The largest absolute Gasteiger partial charge is 0.454 e. The molecule has 0 spiro atoms. The van der Waals surface area contributed by atoms with Crippen LogP contribution in [0.15, 0.2) is 77.6 Å². The van der Waals surface area contributed by atoms with Crippen LogP contribution in [0, 0.1) is 6.92 Å². The number of fused-ring (bicyclic) bond motifs is 2. The molecule has 5 rings (SSSR count). The summed E-state index contributed by atoms with van der Waals surface area (Å²) < 4.78 is 10.7. The van der Waals surface area contributed by atoms with Crippen molar-refractivity contribution in [1.82, 2.24) is 4.98 Å². The van der Waals surface area contributed by atoms with E-state index in [0.29, 0.717) is 22.6 Å². The van der Waals surface area contributed by atoms with Gasteiger partial charge in [-0.25, -0.2) is 0 Å². The van der Waals surface area contributed by atoms with Crippen molar-refractivity contribution >= 4 is 22.8 Å². The molecule has 4 aromatic rings. The summed E-state index contributed by atoms with van der Waals surface area (Å²) in [7, 11) is 0. The lowest BCUT2D eigenvalue weighted by Crippen LogP contribution is -2.18. The van der Waals surface area contributed by atoms with E-state index in [9.17, 15) is 9.59 Å². The highest BCUT2D eigenvalue weighted by atomic mass is 16.7. The van der Waals surface area contributed by atoms with Crippen LogP contribution in [-0.2, 0) is 0 Å². The maximum Gasteiger partial charge on any atom is 0.260 e. The fourth-order valence-corrected chi connectivity index (χ4v) is 3.82. The molecule has 1 N–H and O–H groups in total. The average molecular weight is 409 g/mol. The van der Waals surface area contributed by atoms with Crippen LogP contribution in [0.25, 0.3) is 28.1 Å². The van der Waals surface area contributed by atoms with Gasteiger partial charge in [-0.15, -0.1) is 0 Å². The van der Waals surface area contributed by atoms with Crippen molar-refractivity contribution < 1.29 is 14.3 Å². The minimum absolute atomic E-state index is 0.126. The average Bonchev–Trinajstić information content (AvgIpc) is 3.25. The molecular weight excluding hydrogens is 390 g/mol. The molecule has 0 radical (unpaired) electrons. The molecule has 0 amide bonds. The minimum atomic E-state index is -0.407. The summed E-state index contributed by atoms with van der Waals surface area (Å²) >= 11 is 0. The van der Waals surface area contributed by atoms with E-state index >= 15 is 0 Å². The Hall–Kier alpha value is -4.12. The van der Waals surface area contributed by atoms with Gasteiger partial charge in [0.05, 0.1) is 5.56 Å². The van der Waals surface area contributed by atoms with Crippen LogP contribution in [0.2, 0.25) is 0 Å². The first kappa shape index (κ1) is 18.9. The Morgan fingerprint density at radius 2 is 1.77 bits per heavy atom. The Labute approximate surface area is 178 Å². The zero-order chi connectivity index (χ0) is 21.4. The summed E-state index contributed by atoms with van der Waals surface area (Å²) in [6, 6.07) is 20.8. The molecule has 1 aliphatic rings. The highest BCUT2D eigenvalue weighted by Gasteiger charge is 2.19. The predicted octanol–water partition coefficient (Wildman–Crippen LogP) is 5.13. The van der Waals surface area contributed by atoms with E-state index in [1.54, 1.807) is 18.2 Å². The number of hydrogen-bond acceptors (Lipinski definition) is 4. The molecule has 1 aromatic heterocycles. The van der Waals surface area contributed by atoms with Gasteiger partial charge in [-0.1, -0.05) is 54.1 Å². The number of allylic oxidation sites excluding steroid dienone is 1. The first-order valence-electron chi connectivity index (χ1n) is 9.94. The summed E-state index contributed by atoms with van der Waals surface area (Å²) in [5, 5.41) is 0.839. The molecule has 3 aromatic carbocycles. The number of hydrogen-bond donors (Lipinski definition) is 1. The van der Waals surface area contributed by atoms with E-state index in [-0.39, 0.29) is 18.1 Å². The molecule has 0 atom stereocenters. The molecule has 152 valence electrons. The number of nitrogens with one attached hydrogen (secondary N) is 1. The van der Waals surface area contributed by atoms with E-state index in [2.05, 4.69) is 4.98 Å². The zero-order valence-electron chi connectivity index (χ0n) is 16.8. The van der Waals surface area contributed by atoms with Gasteiger partial charge in [-0.2, -0.15) is 0 Å².